The topological polar surface area (TPSA) is 66.0 Å². The van der Waals surface area contributed by atoms with Crippen molar-refractivity contribution in [3.05, 3.63) is 29.8 Å². The molecule has 0 aliphatic carbocycles. The summed E-state index contributed by atoms with van der Waals surface area (Å²) in [6.45, 7) is 13.4. The maximum absolute atomic E-state index is 12.1. The Morgan fingerprint density at radius 2 is 1.85 bits per heavy atom. The molecule has 2 N–H and O–H groups in total. The van der Waals surface area contributed by atoms with Crippen LogP contribution in [0.4, 0.5) is 0 Å². The van der Waals surface area contributed by atoms with Gasteiger partial charge in [-0.3, -0.25) is 4.79 Å². The van der Waals surface area contributed by atoms with E-state index in [1.54, 1.807) is 0 Å². The second-order valence-corrected chi connectivity index (χ2v) is 6.16. The molecule has 1 amide bonds. The van der Waals surface area contributed by atoms with Crippen molar-refractivity contribution in [3.8, 4) is 5.75 Å². The lowest BCUT2D eigenvalue weighted by Gasteiger charge is -2.19. The molecule has 6 nitrogen and oxygen atoms in total. The van der Waals surface area contributed by atoms with Crippen LogP contribution in [0.5, 0.6) is 5.75 Å². The van der Waals surface area contributed by atoms with Gasteiger partial charge in [0.25, 0.3) is 0 Å². The lowest BCUT2D eigenvalue weighted by molar-refractivity contribution is -0.130. The number of para-hydroxylation sites is 1. The molecule has 7 heteroatoms. The second-order valence-electron chi connectivity index (χ2n) is 6.16. The Balaban J connectivity index is 0.00000676. The predicted octanol–water partition coefficient (Wildman–Crippen LogP) is 3.19. The number of benzene rings is 1. The summed E-state index contributed by atoms with van der Waals surface area (Å²) in [6, 6.07) is 7.97. The summed E-state index contributed by atoms with van der Waals surface area (Å²) in [5, 5.41) is 6.42. The predicted molar refractivity (Wildman–Crippen MR) is 123 cm³/mol. The molecule has 0 radical (unpaired) electrons. The van der Waals surface area contributed by atoms with E-state index >= 15 is 0 Å². The lowest BCUT2D eigenvalue weighted by Crippen LogP contribution is -2.40. The smallest absolute Gasteiger partial charge is 0.224 e. The van der Waals surface area contributed by atoms with E-state index in [0.717, 1.165) is 30.9 Å². The van der Waals surface area contributed by atoms with E-state index in [4.69, 9.17) is 4.74 Å². The van der Waals surface area contributed by atoms with Gasteiger partial charge in [0.1, 0.15) is 11.9 Å². The first-order valence-electron chi connectivity index (χ1n) is 9.53. The Morgan fingerprint density at radius 1 is 1.19 bits per heavy atom. The lowest BCUT2D eigenvalue weighted by atomic mass is 10.2. The summed E-state index contributed by atoms with van der Waals surface area (Å²) in [5.74, 6) is 1.76. The highest BCUT2D eigenvalue weighted by Gasteiger charge is 2.10. The van der Waals surface area contributed by atoms with Crippen LogP contribution >= 0.6 is 24.0 Å². The summed E-state index contributed by atoms with van der Waals surface area (Å²) in [7, 11) is 0. The first kappa shape index (κ1) is 25.5. The highest BCUT2D eigenvalue weighted by atomic mass is 127. The fourth-order valence-electron chi connectivity index (χ4n) is 2.53. The highest BCUT2D eigenvalue weighted by Crippen LogP contribution is 2.17. The molecule has 0 aliphatic heterocycles. The number of amides is 1. The number of nitrogens with one attached hydrogen (secondary N) is 2. The number of rotatable bonds is 10. The van der Waals surface area contributed by atoms with E-state index < -0.39 is 0 Å². The maximum Gasteiger partial charge on any atom is 0.224 e. The fourth-order valence-corrected chi connectivity index (χ4v) is 2.53. The van der Waals surface area contributed by atoms with Gasteiger partial charge in [-0.1, -0.05) is 18.2 Å². The number of hydrogen-bond acceptors (Lipinski definition) is 3. The number of carbonyl (C=O) groups excluding carboxylic acids is 1. The van der Waals surface area contributed by atoms with Gasteiger partial charge in [0.15, 0.2) is 5.96 Å². The zero-order valence-corrected chi connectivity index (χ0v) is 19.6. The largest absolute Gasteiger partial charge is 0.489 e. The molecule has 27 heavy (non-hydrogen) atoms. The summed E-state index contributed by atoms with van der Waals surface area (Å²) >= 11 is 0. The van der Waals surface area contributed by atoms with E-state index in [1.165, 1.54) is 0 Å². The van der Waals surface area contributed by atoms with Crippen molar-refractivity contribution in [3.63, 3.8) is 0 Å². The number of halogens is 1. The average Bonchev–Trinajstić information content (AvgIpc) is 2.62. The average molecular weight is 490 g/mol. The van der Waals surface area contributed by atoms with E-state index in [1.807, 2.05) is 63.8 Å². The third-order valence-electron chi connectivity index (χ3n) is 4.02. The maximum atomic E-state index is 12.1. The van der Waals surface area contributed by atoms with Gasteiger partial charge in [-0.2, -0.15) is 0 Å². The number of hydrogen-bond donors (Lipinski definition) is 2. The number of carbonyl (C=O) groups is 1. The van der Waals surface area contributed by atoms with Gasteiger partial charge in [0.2, 0.25) is 5.91 Å². The molecule has 1 rings (SSSR count). The summed E-state index contributed by atoms with van der Waals surface area (Å²) in [5.41, 5.74) is 1.11. The van der Waals surface area contributed by atoms with Crippen molar-refractivity contribution in [1.82, 2.24) is 15.5 Å². The standard InChI is InChI=1S/C20H34N4O2.HI/c1-6-21-20(22-14-13-19(25)24(7-2)8-3)23-15-17(5)26-18-12-10-9-11-16(18)4;/h9-12,17H,6-8,13-15H2,1-5H3,(H2,21,22,23);1H. The number of nitrogens with zero attached hydrogens (tertiary/aromatic N) is 2. The molecule has 0 saturated carbocycles. The molecule has 0 fully saturated rings. The molecule has 0 saturated heterocycles. The van der Waals surface area contributed by atoms with E-state index in [2.05, 4.69) is 15.6 Å². The van der Waals surface area contributed by atoms with Crippen molar-refractivity contribution >= 4 is 35.8 Å². The van der Waals surface area contributed by atoms with Crippen LogP contribution in [-0.4, -0.2) is 55.6 Å². The van der Waals surface area contributed by atoms with Gasteiger partial charge in [0.05, 0.1) is 6.54 Å². The fraction of sp³-hybridized carbons (Fsp3) is 0.600. The van der Waals surface area contributed by atoms with Crippen molar-refractivity contribution in [2.45, 2.75) is 47.1 Å². The molecule has 0 aromatic heterocycles. The minimum Gasteiger partial charge on any atom is -0.489 e. The van der Waals surface area contributed by atoms with Gasteiger partial charge < -0.3 is 20.3 Å². The van der Waals surface area contributed by atoms with Crippen LogP contribution in [0.3, 0.4) is 0 Å². The highest BCUT2D eigenvalue weighted by molar-refractivity contribution is 14.0. The Labute approximate surface area is 181 Å². The Hall–Kier alpha value is -1.51. The molecule has 1 aromatic rings. The Kier molecular flexibility index (Phi) is 13.7. The number of ether oxygens (including phenoxy) is 1. The van der Waals surface area contributed by atoms with Crippen LogP contribution in [0.25, 0.3) is 0 Å². The third-order valence-corrected chi connectivity index (χ3v) is 4.02. The molecule has 1 atom stereocenters. The van der Waals surface area contributed by atoms with Gasteiger partial charge in [-0.25, -0.2) is 4.99 Å². The van der Waals surface area contributed by atoms with Crippen LogP contribution < -0.4 is 15.4 Å². The third kappa shape index (κ3) is 9.83. The van der Waals surface area contributed by atoms with Crippen LogP contribution in [0.2, 0.25) is 0 Å². The Bertz CT molecular complexity index is 577. The van der Waals surface area contributed by atoms with Crippen molar-refractivity contribution < 1.29 is 9.53 Å². The molecular formula is C20H35IN4O2. The zero-order valence-electron chi connectivity index (χ0n) is 17.2. The van der Waals surface area contributed by atoms with Crippen molar-refractivity contribution in [1.29, 1.82) is 0 Å². The molecule has 1 unspecified atom stereocenters. The zero-order chi connectivity index (χ0) is 19.4. The molecule has 0 bridgehead atoms. The van der Waals surface area contributed by atoms with E-state index in [-0.39, 0.29) is 36.0 Å². The van der Waals surface area contributed by atoms with E-state index in [9.17, 15) is 4.79 Å². The number of guanidine groups is 1. The molecule has 0 aliphatic rings. The molecule has 1 aromatic carbocycles. The SMILES string of the molecule is CCNC(=NCC(C)Oc1ccccc1C)NCCC(=O)N(CC)CC.I. The van der Waals surface area contributed by atoms with Crippen molar-refractivity contribution in [2.24, 2.45) is 4.99 Å². The summed E-state index contributed by atoms with van der Waals surface area (Å²) in [6.07, 6.45) is 0.422. The second kappa shape index (κ2) is 14.5. The number of aryl methyl sites for hydroxylation is 1. The summed E-state index contributed by atoms with van der Waals surface area (Å²) < 4.78 is 5.95. The molecule has 0 heterocycles. The first-order valence-corrected chi connectivity index (χ1v) is 9.53. The quantitative estimate of drug-likeness (QED) is 0.301. The van der Waals surface area contributed by atoms with Gasteiger partial charge >= 0.3 is 0 Å². The molecule has 0 spiro atoms. The monoisotopic (exact) mass is 490 g/mol. The van der Waals surface area contributed by atoms with Gasteiger partial charge in [0, 0.05) is 32.6 Å². The number of aliphatic imine (C=N–C) groups is 1. The van der Waals surface area contributed by atoms with Gasteiger partial charge in [-0.05, 0) is 46.2 Å². The Morgan fingerprint density at radius 3 is 2.44 bits per heavy atom. The van der Waals surface area contributed by atoms with Crippen LogP contribution in [0, 0.1) is 6.92 Å². The van der Waals surface area contributed by atoms with Crippen LogP contribution in [0.15, 0.2) is 29.3 Å². The molecular weight excluding hydrogens is 455 g/mol. The van der Waals surface area contributed by atoms with E-state index in [0.29, 0.717) is 25.5 Å². The first-order chi connectivity index (χ1) is 12.5. The minimum absolute atomic E-state index is 0. The molecule has 154 valence electrons. The van der Waals surface area contributed by atoms with Crippen LogP contribution in [0.1, 0.15) is 39.7 Å². The van der Waals surface area contributed by atoms with Gasteiger partial charge in [-0.15, -0.1) is 24.0 Å². The van der Waals surface area contributed by atoms with Crippen molar-refractivity contribution in [2.75, 3.05) is 32.7 Å². The normalized spacial score (nSPS) is 12.0. The minimum atomic E-state index is -0.0381. The van der Waals surface area contributed by atoms with Crippen LogP contribution in [-0.2, 0) is 4.79 Å². The summed E-state index contributed by atoms with van der Waals surface area (Å²) in [4.78, 5) is 18.5.